The fraction of sp³-hybridized carbons (Fsp3) is 0.353. The summed E-state index contributed by atoms with van der Waals surface area (Å²) in [6, 6.07) is 5.70. The van der Waals surface area contributed by atoms with E-state index in [1.165, 1.54) is 4.68 Å². The van der Waals surface area contributed by atoms with Gasteiger partial charge >= 0.3 is 5.97 Å². The molecule has 0 fully saturated rings. The van der Waals surface area contributed by atoms with Gasteiger partial charge in [-0.1, -0.05) is 6.07 Å². The van der Waals surface area contributed by atoms with Gasteiger partial charge in [0, 0.05) is 0 Å². The van der Waals surface area contributed by atoms with Crippen LogP contribution < -0.4 is 5.56 Å². The van der Waals surface area contributed by atoms with Crippen molar-refractivity contribution in [3.8, 4) is 5.69 Å². The van der Waals surface area contributed by atoms with E-state index >= 15 is 0 Å². The summed E-state index contributed by atoms with van der Waals surface area (Å²) in [5.41, 5.74) is 3.34. The molecule has 1 N–H and O–H groups in total. The summed E-state index contributed by atoms with van der Waals surface area (Å²) in [5.74, 6) is -1.16. The van der Waals surface area contributed by atoms with Gasteiger partial charge < -0.3 is 5.11 Å². The van der Waals surface area contributed by atoms with Gasteiger partial charge in [0.25, 0.3) is 5.56 Å². The van der Waals surface area contributed by atoms with Gasteiger partial charge in [-0.15, -0.1) is 0 Å². The largest absolute Gasteiger partial charge is 0.477 e. The molecule has 0 aliphatic heterocycles. The molecule has 0 bridgehead atoms. The Kier molecular flexibility index (Phi) is 3.56. The summed E-state index contributed by atoms with van der Waals surface area (Å²) in [5, 5.41) is 13.9. The number of hydrogen-bond donors (Lipinski definition) is 1. The van der Waals surface area contributed by atoms with Gasteiger partial charge in [0.2, 0.25) is 0 Å². The van der Waals surface area contributed by atoms with Gasteiger partial charge in [-0.3, -0.25) is 4.79 Å². The van der Waals surface area contributed by atoms with Crippen LogP contribution in [-0.4, -0.2) is 20.9 Å². The third-order valence-electron chi connectivity index (χ3n) is 4.03. The van der Waals surface area contributed by atoms with Crippen LogP contribution in [0.1, 0.15) is 45.6 Å². The molecule has 1 aromatic carbocycles. The molecule has 22 heavy (non-hydrogen) atoms. The molecule has 0 radical (unpaired) electrons. The molecule has 5 nitrogen and oxygen atoms in total. The number of nitrogens with zero attached hydrogens (tertiary/aromatic N) is 2. The molecule has 1 aliphatic carbocycles. The fourth-order valence-corrected chi connectivity index (χ4v) is 3.14. The molecular formula is C17H18N2O3. The average molecular weight is 298 g/mol. The van der Waals surface area contributed by atoms with Crippen LogP contribution in [0.4, 0.5) is 0 Å². The smallest absolute Gasteiger partial charge is 0.341 e. The topological polar surface area (TPSA) is 72.2 Å². The third-order valence-corrected chi connectivity index (χ3v) is 4.03. The van der Waals surface area contributed by atoms with E-state index in [-0.39, 0.29) is 5.56 Å². The number of benzene rings is 1. The first-order chi connectivity index (χ1) is 10.5. The van der Waals surface area contributed by atoms with E-state index in [1.807, 2.05) is 32.0 Å². The zero-order chi connectivity index (χ0) is 15.9. The Morgan fingerprint density at radius 1 is 1.14 bits per heavy atom. The first kappa shape index (κ1) is 14.5. The Hall–Kier alpha value is -2.43. The average Bonchev–Trinajstić information content (AvgIpc) is 2.45. The van der Waals surface area contributed by atoms with Crippen LogP contribution in [0, 0.1) is 13.8 Å². The Balaban J connectivity index is 2.31. The van der Waals surface area contributed by atoms with Crippen LogP contribution in [0.2, 0.25) is 0 Å². The fourth-order valence-electron chi connectivity index (χ4n) is 3.14. The van der Waals surface area contributed by atoms with Crippen molar-refractivity contribution < 1.29 is 9.90 Å². The second kappa shape index (κ2) is 5.40. The van der Waals surface area contributed by atoms with Crippen LogP contribution in [0.25, 0.3) is 5.69 Å². The summed E-state index contributed by atoms with van der Waals surface area (Å²) in [7, 11) is 0. The summed E-state index contributed by atoms with van der Waals surface area (Å²) in [6.07, 6.45) is 3.22. The molecule has 1 aliphatic rings. The van der Waals surface area contributed by atoms with Crippen LogP contribution >= 0.6 is 0 Å². The van der Waals surface area contributed by atoms with Crippen LogP contribution in [0.5, 0.6) is 0 Å². The molecule has 0 spiro atoms. The first-order valence-corrected chi connectivity index (χ1v) is 7.44. The third kappa shape index (κ3) is 2.43. The predicted molar refractivity (Wildman–Crippen MR) is 82.9 cm³/mol. The Bertz CT molecular complexity index is 801. The molecule has 3 rings (SSSR count). The van der Waals surface area contributed by atoms with Crippen molar-refractivity contribution in [3.05, 3.63) is 56.5 Å². The first-order valence-electron chi connectivity index (χ1n) is 7.44. The molecule has 114 valence electrons. The predicted octanol–water partition coefficient (Wildman–Crippen LogP) is 2.43. The number of fused-ring (bicyclic) bond motifs is 1. The van der Waals surface area contributed by atoms with E-state index in [0.29, 0.717) is 17.7 Å². The van der Waals surface area contributed by atoms with E-state index < -0.39 is 11.5 Å². The lowest BCUT2D eigenvalue weighted by Gasteiger charge is -2.18. The number of rotatable bonds is 2. The number of carboxylic acids is 1. The lowest BCUT2D eigenvalue weighted by molar-refractivity contribution is 0.0692. The highest BCUT2D eigenvalue weighted by atomic mass is 16.4. The SMILES string of the molecule is Cc1cc(C)cc(-n2nc3c(c(C(=O)O)c2=O)CCCC3)c1. The number of carbonyl (C=O) groups is 1. The van der Waals surface area contributed by atoms with E-state index in [0.717, 1.165) is 36.1 Å². The van der Waals surface area contributed by atoms with Crippen LogP contribution in [0.15, 0.2) is 23.0 Å². The minimum absolute atomic E-state index is 0.121. The van der Waals surface area contributed by atoms with Gasteiger partial charge in [0.15, 0.2) is 0 Å². The van der Waals surface area contributed by atoms with Gasteiger partial charge in [-0.2, -0.15) is 9.78 Å². The minimum atomic E-state index is -1.16. The molecule has 2 aromatic rings. The molecule has 0 unspecified atom stereocenters. The highest BCUT2D eigenvalue weighted by molar-refractivity contribution is 5.89. The highest BCUT2D eigenvalue weighted by Crippen LogP contribution is 2.22. The molecule has 0 saturated heterocycles. The zero-order valence-electron chi connectivity index (χ0n) is 12.7. The lowest BCUT2D eigenvalue weighted by Crippen LogP contribution is -2.32. The summed E-state index contributed by atoms with van der Waals surface area (Å²) in [4.78, 5) is 24.2. The number of hydrogen-bond acceptors (Lipinski definition) is 3. The van der Waals surface area contributed by atoms with Crippen molar-refractivity contribution in [2.45, 2.75) is 39.5 Å². The quantitative estimate of drug-likeness (QED) is 0.924. The van der Waals surface area contributed by atoms with Crippen molar-refractivity contribution in [1.29, 1.82) is 0 Å². The molecule has 0 atom stereocenters. The number of aryl methyl sites for hydroxylation is 3. The van der Waals surface area contributed by atoms with Crippen molar-refractivity contribution in [2.75, 3.05) is 0 Å². The zero-order valence-corrected chi connectivity index (χ0v) is 12.7. The van der Waals surface area contributed by atoms with Gasteiger partial charge in [-0.05, 0) is 68.4 Å². The Labute approximate surface area is 128 Å². The van der Waals surface area contributed by atoms with Gasteiger partial charge in [-0.25, -0.2) is 4.79 Å². The second-order valence-corrected chi connectivity index (χ2v) is 5.88. The Morgan fingerprint density at radius 2 is 1.77 bits per heavy atom. The number of aromatic nitrogens is 2. The van der Waals surface area contributed by atoms with Gasteiger partial charge in [0.1, 0.15) is 5.56 Å². The maximum atomic E-state index is 12.6. The standard InChI is InChI=1S/C17H18N2O3/c1-10-7-11(2)9-12(8-10)19-16(20)15(17(21)22)13-5-3-4-6-14(13)18-19/h7-9H,3-6H2,1-2H3,(H,21,22). The summed E-state index contributed by atoms with van der Waals surface area (Å²) in [6.45, 7) is 3.89. The maximum Gasteiger partial charge on any atom is 0.341 e. The molecular weight excluding hydrogens is 280 g/mol. The van der Waals surface area contributed by atoms with Crippen molar-refractivity contribution in [1.82, 2.24) is 9.78 Å². The van der Waals surface area contributed by atoms with Crippen LogP contribution in [-0.2, 0) is 12.8 Å². The molecule has 1 aromatic heterocycles. The van der Waals surface area contributed by atoms with Crippen LogP contribution in [0.3, 0.4) is 0 Å². The lowest BCUT2D eigenvalue weighted by atomic mass is 9.93. The van der Waals surface area contributed by atoms with E-state index in [9.17, 15) is 14.7 Å². The minimum Gasteiger partial charge on any atom is -0.477 e. The molecule has 1 heterocycles. The highest BCUT2D eigenvalue weighted by Gasteiger charge is 2.24. The van der Waals surface area contributed by atoms with Gasteiger partial charge in [0.05, 0.1) is 11.4 Å². The second-order valence-electron chi connectivity index (χ2n) is 5.88. The van der Waals surface area contributed by atoms with E-state index in [1.54, 1.807) is 0 Å². The monoisotopic (exact) mass is 298 g/mol. The molecule has 0 amide bonds. The molecule has 5 heteroatoms. The van der Waals surface area contributed by atoms with Crippen molar-refractivity contribution >= 4 is 5.97 Å². The normalized spacial score (nSPS) is 13.7. The van der Waals surface area contributed by atoms with Crippen molar-refractivity contribution in [3.63, 3.8) is 0 Å². The number of carboxylic acid groups (broad SMARTS) is 1. The maximum absolute atomic E-state index is 12.6. The van der Waals surface area contributed by atoms with E-state index in [2.05, 4.69) is 5.10 Å². The Morgan fingerprint density at radius 3 is 2.41 bits per heavy atom. The van der Waals surface area contributed by atoms with E-state index in [4.69, 9.17) is 0 Å². The summed E-state index contributed by atoms with van der Waals surface area (Å²) < 4.78 is 1.24. The van der Waals surface area contributed by atoms with Crippen molar-refractivity contribution in [2.24, 2.45) is 0 Å². The summed E-state index contributed by atoms with van der Waals surface area (Å²) >= 11 is 0. The number of aromatic carboxylic acids is 1. The molecule has 0 saturated carbocycles.